The van der Waals surface area contributed by atoms with Gasteiger partial charge in [-0.1, -0.05) is 0 Å². The van der Waals surface area contributed by atoms with E-state index in [2.05, 4.69) is 25.5 Å². The first-order valence-corrected chi connectivity index (χ1v) is 7.11. The van der Waals surface area contributed by atoms with Crippen LogP contribution in [0, 0.1) is 0 Å². The number of amides is 1. The number of anilines is 1. The molecule has 2 aromatic rings. The Morgan fingerprint density at radius 3 is 2.71 bits per heavy atom. The van der Waals surface area contributed by atoms with Crippen molar-refractivity contribution in [3.8, 4) is 0 Å². The van der Waals surface area contributed by atoms with E-state index in [-0.39, 0.29) is 17.6 Å². The number of imidazole rings is 1. The molecule has 1 aromatic heterocycles. The summed E-state index contributed by atoms with van der Waals surface area (Å²) in [5.41, 5.74) is 1.85. The van der Waals surface area contributed by atoms with Crippen LogP contribution in [0.4, 0.5) is 5.69 Å². The molecule has 1 amide bonds. The van der Waals surface area contributed by atoms with E-state index < -0.39 is 0 Å². The van der Waals surface area contributed by atoms with Gasteiger partial charge in [0.2, 0.25) is 5.91 Å². The SMILES string of the molecule is CC(C(=O)Nc1ccc2[nH]c(=O)[nH]c2c1)N1CCNCC1. The summed E-state index contributed by atoms with van der Waals surface area (Å²) < 4.78 is 0. The Morgan fingerprint density at radius 1 is 1.24 bits per heavy atom. The topological polar surface area (TPSA) is 93.0 Å². The number of hydrogen-bond donors (Lipinski definition) is 4. The Bertz CT molecular complexity index is 699. The van der Waals surface area contributed by atoms with Gasteiger partial charge < -0.3 is 20.6 Å². The number of H-pyrrole nitrogens is 2. The van der Waals surface area contributed by atoms with Gasteiger partial charge in [-0.05, 0) is 25.1 Å². The van der Waals surface area contributed by atoms with Gasteiger partial charge in [0.25, 0.3) is 0 Å². The summed E-state index contributed by atoms with van der Waals surface area (Å²) in [6, 6.07) is 5.15. The van der Waals surface area contributed by atoms with Crippen LogP contribution in [-0.2, 0) is 4.79 Å². The average Bonchev–Trinajstić information content (AvgIpc) is 2.86. The summed E-state index contributed by atoms with van der Waals surface area (Å²) in [7, 11) is 0. The predicted molar refractivity (Wildman–Crippen MR) is 81.5 cm³/mol. The van der Waals surface area contributed by atoms with Gasteiger partial charge in [-0.15, -0.1) is 0 Å². The van der Waals surface area contributed by atoms with Gasteiger partial charge in [0, 0.05) is 31.9 Å². The molecule has 0 bridgehead atoms. The lowest BCUT2D eigenvalue weighted by atomic mass is 10.2. The van der Waals surface area contributed by atoms with Crippen LogP contribution in [0.2, 0.25) is 0 Å². The number of piperazine rings is 1. The molecule has 1 aromatic carbocycles. The molecule has 3 rings (SSSR count). The lowest BCUT2D eigenvalue weighted by molar-refractivity contribution is -0.120. The maximum absolute atomic E-state index is 12.3. The van der Waals surface area contributed by atoms with Crippen molar-refractivity contribution in [1.29, 1.82) is 0 Å². The maximum Gasteiger partial charge on any atom is 0.323 e. The van der Waals surface area contributed by atoms with Gasteiger partial charge in [0.05, 0.1) is 17.1 Å². The van der Waals surface area contributed by atoms with E-state index in [1.165, 1.54) is 0 Å². The number of aromatic amines is 2. The number of hydrogen-bond acceptors (Lipinski definition) is 4. The molecular weight excluding hydrogens is 270 g/mol. The Balaban J connectivity index is 1.71. The number of nitrogens with zero attached hydrogens (tertiary/aromatic N) is 1. The molecular formula is C14H19N5O2. The van der Waals surface area contributed by atoms with Gasteiger partial charge in [-0.2, -0.15) is 0 Å². The third-order valence-electron chi connectivity index (χ3n) is 3.86. The van der Waals surface area contributed by atoms with E-state index in [1.807, 2.05) is 6.92 Å². The summed E-state index contributed by atoms with van der Waals surface area (Å²) in [6.07, 6.45) is 0. The van der Waals surface area contributed by atoms with Crippen LogP contribution >= 0.6 is 0 Å². The van der Waals surface area contributed by atoms with Crippen LogP contribution in [0.25, 0.3) is 11.0 Å². The number of carbonyl (C=O) groups is 1. The van der Waals surface area contributed by atoms with E-state index in [9.17, 15) is 9.59 Å². The molecule has 1 unspecified atom stereocenters. The molecule has 1 aliphatic heterocycles. The summed E-state index contributed by atoms with van der Waals surface area (Å²) in [5.74, 6) is -0.0332. The van der Waals surface area contributed by atoms with Gasteiger partial charge in [0.15, 0.2) is 0 Å². The summed E-state index contributed by atoms with van der Waals surface area (Å²) >= 11 is 0. The van der Waals surface area contributed by atoms with Crippen LogP contribution in [0.1, 0.15) is 6.92 Å². The number of aromatic nitrogens is 2. The van der Waals surface area contributed by atoms with Crippen LogP contribution in [0.5, 0.6) is 0 Å². The number of carbonyl (C=O) groups excluding carboxylic acids is 1. The van der Waals surface area contributed by atoms with Crippen LogP contribution < -0.4 is 16.3 Å². The molecule has 0 radical (unpaired) electrons. The first kappa shape index (κ1) is 13.8. The van der Waals surface area contributed by atoms with Crippen LogP contribution in [0.3, 0.4) is 0 Å². The largest absolute Gasteiger partial charge is 0.325 e. The summed E-state index contributed by atoms with van der Waals surface area (Å²) in [5, 5.41) is 6.17. The highest BCUT2D eigenvalue weighted by Crippen LogP contribution is 2.15. The minimum absolute atomic E-state index is 0.0332. The quantitative estimate of drug-likeness (QED) is 0.644. The monoisotopic (exact) mass is 289 g/mol. The lowest BCUT2D eigenvalue weighted by Gasteiger charge is -2.31. The first-order chi connectivity index (χ1) is 10.1. The normalized spacial score (nSPS) is 17.8. The van der Waals surface area contributed by atoms with Crippen molar-refractivity contribution in [3.63, 3.8) is 0 Å². The van der Waals surface area contributed by atoms with Crippen LogP contribution in [-0.4, -0.2) is 53.0 Å². The van der Waals surface area contributed by atoms with Gasteiger partial charge in [-0.25, -0.2) is 4.79 Å². The first-order valence-electron chi connectivity index (χ1n) is 7.11. The maximum atomic E-state index is 12.3. The molecule has 1 saturated heterocycles. The molecule has 4 N–H and O–H groups in total. The molecule has 7 nitrogen and oxygen atoms in total. The fraction of sp³-hybridized carbons (Fsp3) is 0.429. The van der Waals surface area contributed by atoms with Crippen molar-refractivity contribution >= 4 is 22.6 Å². The molecule has 1 fully saturated rings. The minimum atomic E-state index is -0.248. The van der Waals surface area contributed by atoms with E-state index in [0.29, 0.717) is 11.2 Å². The van der Waals surface area contributed by atoms with E-state index in [0.717, 1.165) is 31.7 Å². The predicted octanol–water partition coefficient (Wildman–Crippen LogP) is 0.0884. The third kappa shape index (κ3) is 2.98. The Labute approximate surface area is 121 Å². The second-order valence-electron chi connectivity index (χ2n) is 5.29. The molecule has 1 aliphatic rings. The van der Waals surface area contributed by atoms with E-state index >= 15 is 0 Å². The third-order valence-corrected chi connectivity index (χ3v) is 3.86. The number of nitrogens with one attached hydrogen (secondary N) is 4. The molecule has 1 atom stereocenters. The summed E-state index contributed by atoms with van der Waals surface area (Å²) in [6.45, 7) is 5.48. The van der Waals surface area contributed by atoms with Crippen LogP contribution in [0.15, 0.2) is 23.0 Å². The molecule has 2 heterocycles. The molecule has 112 valence electrons. The Hall–Kier alpha value is -2.12. The fourth-order valence-corrected chi connectivity index (χ4v) is 2.59. The van der Waals surface area contributed by atoms with Crippen molar-refractivity contribution < 1.29 is 4.79 Å². The van der Waals surface area contributed by atoms with Crippen molar-refractivity contribution in [2.24, 2.45) is 0 Å². The van der Waals surface area contributed by atoms with Crippen molar-refractivity contribution in [2.75, 3.05) is 31.5 Å². The molecule has 0 aliphatic carbocycles. The zero-order chi connectivity index (χ0) is 14.8. The number of rotatable bonds is 3. The minimum Gasteiger partial charge on any atom is -0.325 e. The highest BCUT2D eigenvalue weighted by molar-refractivity contribution is 5.96. The second-order valence-corrected chi connectivity index (χ2v) is 5.29. The molecule has 0 spiro atoms. The number of benzene rings is 1. The van der Waals surface area contributed by atoms with Crippen molar-refractivity contribution in [1.82, 2.24) is 20.2 Å². The highest BCUT2D eigenvalue weighted by Gasteiger charge is 2.22. The number of fused-ring (bicyclic) bond motifs is 1. The highest BCUT2D eigenvalue weighted by atomic mass is 16.2. The van der Waals surface area contributed by atoms with Gasteiger partial charge in [0.1, 0.15) is 0 Å². The van der Waals surface area contributed by atoms with Gasteiger partial charge >= 0.3 is 5.69 Å². The lowest BCUT2D eigenvalue weighted by Crippen LogP contribution is -2.51. The molecule has 0 saturated carbocycles. The summed E-state index contributed by atoms with van der Waals surface area (Å²) in [4.78, 5) is 31.0. The molecule has 21 heavy (non-hydrogen) atoms. The van der Waals surface area contributed by atoms with Gasteiger partial charge in [-0.3, -0.25) is 9.69 Å². The van der Waals surface area contributed by atoms with E-state index in [4.69, 9.17) is 0 Å². The Morgan fingerprint density at radius 2 is 1.95 bits per heavy atom. The van der Waals surface area contributed by atoms with Crippen molar-refractivity contribution in [3.05, 3.63) is 28.7 Å². The second kappa shape index (κ2) is 5.71. The van der Waals surface area contributed by atoms with E-state index in [1.54, 1.807) is 18.2 Å². The fourth-order valence-electron chi connectivity index (χ4n) is 2.59. The smallest absolute Gasteiger partial charge is 0.323 e. The molecule has 7 heteroatoms. The average molecular weight is 289 g/mol. The zero-order valence-electron chi connectivity index (χ0n) is 11.9. The van der Waals surface area contributed by atoms with Crippen molar-refractivity contribution in [2.45, 2.75) is 13.0 Å². The standard InChI is InChI=1S/C14H19N5O2/c1-9(19-6-4-15-5-7-19)13(20)16-10-2-3-11-12(8-10)18-14(21)17-11/h2-3,8-9,15H,4-7H2,1H3,(H,16,20)(H2,17,18,21). The Kier molecular flexibility index (Phi) is 3.76. The zero-order valence-corrected chi connectivity index (χ0v) is 11.9.